The van der Waals surface area contributed by atoms with Crippen LogP contribution in [0.15, 0.2) is 18.2 Å². The zero-order valence-electron chi connectivity index (χ0n) is 10.4. The van der Waals surface area contributed by atoms with Crippen molar-refractivity contribution in [3.63, 3.8) is 0 Å². The van der Waals surface area contributed by atoms with Gasteiger partial charge >= 0.3 is 6.03 Å². The molecule has 102 valence electrons. The minimum absolute atomic E-state index is 0.000787. The third-order valence-electron chi connectivity index (χ3n) is 3.67. The van der Waals surface area contributed by atoms with Crippen molar-refractivity contribution >= 4 is 17.6 Å². The fourth-order valence-corrected chi connectivity index (χ4v) is 2.84. The van der Waals surface area contributed by atoms with E-state index in [1.807, 2.05) is 4.90 Å². The Morgan fingerprint density at radius 1 is 1.47 bits per heavy atom. The van der Waals surface area contributed by atoms with Crippen molar-refractivity contribution in [2.75, 3.05) is 26.2 Å². The van der Waals surface area contributed by atoms with Gasteiger partial charge in [0.1, 0.15) is 5.82 Å². The maximum atomic E-state index is 13.8. The summed E-state index contributed by atoms with van der Waals surface area (Å²) >= 11 is 5.72. The summed E-state index contributed by atoms with van der Waals surface area (Å²) in [6.45, 7) is 3.31. The molecule has 0 saturated carbocycles. The van der Waals surface area contributed by atoms with Crippen LogP contribution in [0.3, 0.4) is 0 Å². The van der Waals surface area contributed by atoms with E-state index in [0.717, 1.165) is 19.6 Å². The van der Waals surface area contributed by atoms with E-state index in [1.54, 1.807) is 17.0 Å². The zero-order chi connectivity index (χ0) is 13.4. The van der Waals surface area contributed by atoms with Gasteiger partial charge < -0.3 is 15.1 Å². The zero-order valence-corrected chi connectivity index (χ0v) is 11.2. The van der Waals surface area contributed by atoms with Crippen LogP contribution in [-0.4, -0.2) is 48.1 Å². The molecule has 1 aromatic rings. The highest BCUT2D eigenvalue weighted by Crippen LogP contribution is 2.22. The lowest BCUT2D eigenvalue weighted by atomic mass is 10.2. The summed E-state index contributed by atoms with van der Waals surface area (Å²) < 4.78 is 13.8. The summed E-state index contributed by atoms with van der Waals surface area (Å²) in [5, 5.41) is 3.64. The lowest BCUT2D eigenvalue weighted by Crippen LogP contribution is -2.49. The minimum atomic E-state index is -0.358. The number of urea groups is 1. The number of rotatable bonds is 2. The van der Waals surface area contributed by atoms with Crippen molar-refractivity contribution in [1.29, 1.82) is 0 Å². The fourth-order valence-electron chi connectivity index (χ4n) is 2.68. The molecule has 1 N–H and O–H groups in total. The number of halogens is 2. The molecule has 1 aromatic carbocycles. The molecular weight excluding hydrogens is 269 g/mol. The Morgan fingerprint density at radius 2 is 2.32 bits per heavy atom. The highest BCUT2D eigenvalue weighted by Gasteiger charge is 2.38. The smallest absolute Gasteiger partial charge is 0.318 e. The van der Waals surface area contributed by atoms with E-state index >= 15 is 0 Å². The molecule has 19 heavy (non-hydrogen) atoms. The number of nitrogens with zero attached hydrogens (tertiary/aromatic N) is 2. The normalized spacial score (nSPS) is 22.8. The SMILES string of the molecule is O=C1N(Cc2ccc(Cl)cc2F)CC2CNCCN12. The van der Waals surface area contributed by atoms with Gasteiger partial charge in [-0.1, -0.05) is 17.7 Å². The molecule has 1 atom stereocenters. The fraction of sp³-hybridized carbons (Fsp3) is 0.462. The van der Waals surface area contributed by atoms with Gasteiger partial charge in [0.05, 0.1) is 12.6 Å². The molecule has 0 spiro atoms. The number of carbonyl (C=O) groups is 1. The van der Waals surface area contributed by atoms with Crippen LogP contribution in [0.1, 0.15) is 5.56 Å². The molecular formula is C13H15ClFN3O. The highest BCUT2D eigenvalue weighted by molar-refractivity contribution is 6.30. The third-order valence-corrected chi connectivity index (χ3v) is 3.91. The van der Waals surface area contributed by atoms with Crippen LogP contribution >= 0.6 is 11.6 Å². The van der Waals surface area contributed by atoms with Crippen molar-refractivity contribution in [2.24, 2.45) is 0 Å². The number of piperazine rings is 1. The van der Waals surface area contributed by atoms with Gasteiger partial charge in [0.25, 0.3) is 0 Å². The van der Waals surface area contributed by atoms with Crippen molar-refractivity contribution in [2.45, 2.75) is 12.6 Å². The first-order chi connectivity index (χ1) is 9.15. The Balaban J connectivity index is 1.75. The second-order valence-corrected chi connectivity index (χ2v) is 5.39. The molecule has 6 heteroatoms. The molecule has 2 heterocycles. The van der Waals surface area contributed by atoms with Gasteiger partial charge in [0, 0.05) is 36.8 Å². The van der Waals surface area contributed by atoms with Gasteiger partial charge in [-0.05, 0) is 12.1 Å². The maximum Gasteiger partial charge on any atom is 0.320 e. The summed E-state index contributed by atoms with van der Waals surface area (Å²) in [6, 6.07) is 4.78. The molecule has 0 aliphatic carbocycles. The number of benzene rings is 1. The average molecular weight is 284 g/mol. The molecule has 2 aliphatic rings. The molecule has 4 nitrogen and oxygen atoms in total. The number of amides is 2. The summed E-state index contributed by atoms with van der Waals surface area (Å²) in [6.07, 6.45) is 0. The quantitative estimate of drug-likeness (QED) is 0.896. The second kappa shape index (κ2) is 4.98. The Bertz CT molecular complexity index is 511. The topological polar surface area (TPSA) is 35.6 Å². The summed E-state index contributed by atoms with van der Waals surface area (Å²) in [7, 11) is 0. The van der Waals surface area contributed by atoms with E-state index < -0.39 is 0 Å². The number of hydrogen-bond donors (Lipinski definition) is 1. The standard InChI is InChI=1S/C13H15ClFN3O/c14-10-2-1-9(12(15)5-10)7-17-8-11-6-16-3-4-18(11)13(17)19/h1-2,5,11,16H,3-4,6-8H2. The van der Waals surface area contributed by atoms with E-state index in [-0.39, 0.29) is 17.9 Å². The highest BCUT2D eigenvalue weighted by atomic mass is 35.5. The van der Waals surface area contributed by atoms with E-state index in [4.69, 9.17) is 11.6 Å². The molecule has 2 amide bonds. The first-order valence-electron chi connectivity index (χ1n) is 6.35. The third kappa shape index (κ3) is 2.40. The second-order valence-electron chi connectivity index (χ2n) is 4.95. The molecule has 2 aliphatic heterocycles. The Morgan fingerprint density at radius 3 is 3.05 bits per heavy atom. The minimum Gasteiger partial charge on any atom is -0.318 e. The number of nitrogens with one attached hydrogen (secondary N) is 1. The Kier molecular flexibility index (Phi) is 3.33. The van der Waals surface area contributed by atoms with Crippen molar-refractivity contribution < 1.29 is 9.18 Å². The van der Waals surface area contributed by atoms with Gasteiger partial charge in [0.15, 0.2) is 0 Å². The van der Waals surface area contributed by atoms with Gasteiger partial charge in [0.2, 0.25) is 0 Å². The van der Waals surface area contributed by atoms with E-state index in [9.17, 15) is 9.18 Å². The van der Waals surface area contributed by atoms with Gasteiger partial charge in [-0.15, -0.1) is 0 Å². The predicted molar refractivity (Wildman–Crippen MR) is 70.6 cm³/mol. The van der Waals surface area contributed by atoms with E-state index in [0.29, 0.717) is 23.7 Å². The van der Waals surface area contributed by atoms with Crippen molar-refractivity contribution in [1.82, 2.24) is 15.1 Å². The Hall–Kier alpha value is -1.33. The van der Waals surface area contributed by atoms with Gasteiger partial charge in [-0.3, -0.25) is 0 Å². The molecule has 3 rings (SSSR count). The van der Waals surface area contributed by atoms with Crippen LogP contribution in [0, 0.1) is 5.82 Å². The first kappa shape index (κ1) is 12.7. The predicted octanol–water partition coefficient (Wildman–Crippen LogP) is 1.69. The van der Waals surface area contributed by atoms with Crippen molar-refractivity contribution in [3.8, 4) is 0 Å². The number of carbonyl (C=O) groups excluding carboxylic acids is 1. The van der Waals surface area contributed by atoms with E-state index in [2.05, 4.69) is 5.32 Å². The lowest BCUT2D eigenvalue weighted by molar-refractivity contribution is 0.178. The van der Waals surface area contributed by atoms with Gasteiger partial charge in [-0.25, -0.2) is 9.18 Å². The number of hydrogen-bond acceptors (Lipinski definition) is 2. The van der Waals surface area contributed by atoms with Crippen LogP contribution in [0.5, 0.6) is 0 Å². The van der Waals surface area contributed by atoms with Crippen LogP contribution in [-0.2, 0) is 6.54 Å². The lowest BCUT2D eigenvalue weighted by Gasteiger charge is -2.28. The molecule has 1 unspecified atom stereocenters. The maximum absolute atomic E-state index is 13.8. The molecule has 0 aromatic heterocycles. The molecule has 2 saturated heterocycles. The monoisotopic (exact) mass is 283 g/mol. The van der Waals surface area contributed by atoms with E-state index in [1.165, 1.54) is 6.07 Å². The summed E-state index contributed by atoms with van der Waals surface area (Å²) in [5.74, 6) is -0.358. The molecule has 2 fully saturated rings. The van der Waals surface area contributed by atoms with Crippen LogP contribution in [0.2, 0.25) is 5.02 Å². The van der Waals surface area contributed by atoms with Crippen molar-refractivity contribution in [3.05, 3.63) is 34.6 Å². The largest absolute Gasteiger partial charge is 0.320 e. The first-order valence-corrected chi connectivity index (χ1v) is 6.73. The molecule has 0 radical (unpaired) electrons. The van der Waals surface area contributed by atoms with Crippen LogP contribution < -0.4 is 5.32 Å². The summed E-state index contributed by atoms with van der Waals surface area (Å²) in [5.41, 5.74) is 0.505. The number of fused-ring (bicyclic) bond motifs is 1. The van der Waals surface area contributed by atoms with Gasteiger partial charge in [-0.2, -0.15) is 0 Å². The molecule has 0 bridgehead atoms. The Labute approximate surface area is 116 Å². The van der Waals surface area contributed by atoms with Crippen LogP contribution in [0.4, 0.5) is 9.18 Å². The summed E-state index contributed by atoms with van der Waals surface area (Å²) in [4.78, 5) is 15.8. The average Bonchev–Trinajstić information content (AvgIpc) is 2.70. The van der Waals surface area contributed by atoms with Crippen LogP contribution in [0.25, 0.3) is 0 Å².